The molecule has 0 bridgehead atoms. The average molecular weight is 264 g/mol. The molecule has 2 atom stereocenters. The number of carboxylic acid groups (broad SMARTS) is 2. The number of methoxy groups -OCH3 is 1. The molecule has 0 aromatic heterocycles. The van der Waals surface area contributed by atoms with Gasteiger partial charge in [-0.15, -0.1) is 0 Å². The third kappa shape index (κ3) is 2.05. The molecule has 5 nitrogen and oxygen atoms in total. The maximum atomic E-state index is 11.7. The van der Waals surface area contributed by atoms with E-state index in [0.29, 0.717) is 30.6 Å². The van der Waals surface area contributed by atoms with Crippen molar-refractivity contribution in [3.63, 3.8) is 0 Å². The van der Waals surface area contributed by atoms with Crippen molar-refractivity contribution in [2.24, 2.45) is 5.92 Å². The smallest absolute Gasteiger partial charge is 0.315 e. The second kappa shape index (κ2) is 4.91. The predicted octanol–water partition coefficient (Wildman–Crippen LogP) is 1.90. The first-order chi connectivity index (χ1) is 9.02. The van der Waals surface area contributed by atoms with Crippen molar-refractivity contribution < 1.29 is 24.5 Å². The van der Waals surface area contributed by atoms with Gasteiger partial charge in [-0.25, -0.2) is 0 Å². The molecule has 1 aliphatic rings. The van der Waals surface area contributed by atoms with E-state index in [1.54, 1.807) is 24.3 Å². The van der Waals surface area contributed by atoms with Crippen molar-refractivity contribution in [1.29, 1.82) is 0 Å². The fourth-order valence-corrected chi connectivity index (χ4v) is 2.97. The third-order valence-electron chi connectivity index (χ3n) is 3.92. The van der Waals surface area contributed by atoms with Gasteiger partial charge in [0.15, 0.2) is 0 Å². The summed E-state index contributed by atoms with van der Waals surface area (Å²) in [5.74, 6) is -2.49. The van der Waals surface area contributed by atoms with Gasteiger partial charge in [-0.1, -0.05) is 18.6 Å². The molecule has 1 fully saturated rings. The fraction of sp³-hybridized carbons (Fsp3) is 0.429. The van der Waals surface area contributed by atoms with E-state index in [-0.39, 0.29) is 0 Å². The maximum Gasteiger partial charge on any atom is 0.315 e. The Kier molecular flexibility index (Phi) is 3.46. The molecule has 5 heteroatoms. The molecule has 2 rings (SSSR count). The van der Waals surface area contributed by atoms with Crippen LogP contribution in [0.3, 0.4) is 0 Å². The van der Waals surface area contributed by atoms with E-state index >= 15 is 0 Å². The lowest BCUT2D eigenvalue weighted by Gasteiger charge is -2.29. The molecule has 1 saturated carbocycles. The molecular formula is C14H16O5. The SMILES string of the molecule is COc1cccc(C2(C(=O)O)CCCC2C(=O)O)c1. The highest BCUT2D eigenvalue weighted by Crippen LogP contribution is 2.46. The molecule has 1 aliphatic carbocycles. The van der Waals surface area contributed by atoms with Gasteiger partial charge in [-0.3, -0.25) is 9.59 Å². The van der Waals surface area contributed by atoms with Gasteiger partial charge in [0.1, 0.15) is 11.2 Å². The molecule has 2 N–H and O–H groups in total. The number of rotatable bonds is 4. The minimum atomic E-state index is -1.35. The summed E-state index contributed by atoms with van der Waals surface area (Å²) in [5, 5.41) is 18.9. The van der Waals surface area contributed by atoms with Gasteiger partial charge >= 0.3 is 11.9 Å². The lowest BCUT2D eigenvalue weighted by molar-refractivity contribution is -0.154. The van der Waals surface area contributed by atoms with Crippen LogP contribution in [0, 0.1) is 5.92 Å². The van der Waals surface area contributed by atoms with Crippen LogP contribution >= 0.6 is 0 Å². The number of hydrogen-bond donors (Lipinski definition) is 2. The van der Waals surface area contributed by atoms with Crippen LogP contribution in [0.15, 0.2) is 24.3 Å². The molecule has 0 radical (unpaired) electrons. The molecule has 0 spiro atoms. The summed E-state index contributed by atoms with van der Waals surface area (Å²) >= 11 is 0. The van der Waals surface area contributed by atoms with Crippen molar-refractivity contribution in [3.05, 3.63) is 29.8 Å². The van der Waals surface area contributed by atoms with Gasteiger partial charge in [-0.05, 0) is 30.5 Å². The molecule has 0 amide bonds. The van der Waals surface area contributed by atoms with Gasteiger partial charge in [0.05, 0.1) is 13.0 Å². The molecule has 0 heterocycles. The average Bonchev–Trinajstić information content (AvgIpc) is 2.84. The summed E-state index contributed by atoms with van der Waals surface area (Å²) in [6, 6.07) is 6.69. The first kappa shape index (κ1) is 13.4. The summed E-state index contributed by atoms with van der Waals surface area (Å²) < 4.78 is 5.09. The molecule has 2 unspecified atom stereocenters. The molecular weight excluding hydrogens is 248 g/mol. The summed E-state index contributed by atoms with van der Waals surface area (Å²) in [6.07, 6.45) is 1.33. The second-order valence-electron chi connectivity index (χ2n) is 4.79. The van der Waals surface area contributed by atoms with Crippen LogP contribution in [-0.2, 0) is 15.0 Å². The number of carbonyl (C=O) groups is 2. The van der Waals surface area contributed by atoms with E-state index in [1.165, 1.54) is 7.11 Å². The van der Waals surface area contributed by atoms with E-state index in [4.69, 9.17) is 4.74 Å². The van der Waals surface area contributed by atoms with E-state index in [1.807, 2.05) is 0 Å². The van der Waals surface area contributed by atoms with Crippen molar-refractivity contribution >= 4 is 11.9 Å². The number of aliphatic carboxylic acids is 2. The Labute approximate surface area is 110 Å². The molecule has 0 aliphatic heterocycles. The summed E-state index contributed by atoms with van der Waals surface area (Å²) in [6.45, 7) is 0. The summed E-state index contributed by atoms with van der Waals surface area (Å²) in [4.78, 5) is 23.1. The van der Waals surface area contributed by atoms with Crippen molar-refractivity contribution in [2.75, 3.05) is 7.11 Å². The Balaban J connectivity index is 2.55. The number of hydrogen-bond acceptors (Lipinski definition) is 3. The molecule has 1 aromatic carbocycles. The second-order valence-corrected chi connectivity index (χ2v) is 4.79. The fourth-order valence-electron chi connectivity index (χ4n) is 2.97. The minimum absolute atomic E-state index is 0.340. The highest BCUT2D eigenvalue weighted by molar-refractivity contribution is 5.89. The Hall–Kier alpha value is -2.04. The van der Waals surface area contributed by atoms with Gasteiger partial charge in [0, 0.05) is 0 Å². The first-order valence-corrected chi connectivity index (χ1v) is 6.13. The predicted molar refractivity (Wildman–Crippen MR) is 67.3 cm³/mol. The van der Waals surface area contributed by atoms with E-state index in [0.717, 1.165) is 0 Å². The Morgan fingerprint density at radius 3 is 2.68 bits per heavy atom. The standard InChI is InChI=1S/C14H16O5/c1-19-10-5-2-4-9(8-10)14(13(17)18)7-3-6-11(14)12(15)16/h2,4-5,8,11H,3,6-7H2,1H3,(H,15,16)(H,17,18). The first-order valence-electron chi connectivity index (χ1n) is 6.13. The maximum absolute atomic E-state index is 11.7. The monoisotopic (exact) mass is 264 g/mol. The number of benzene rings is 1. The zero-order valence-electron chi connectivity index (χ0n) is 10.6. The Morgan fingerprint density at radius 2 is 2.11 bits per heavy atom. The topological polar surface area (TPSA) is 83.8 Å². The van der Waals surface area contributed by atoms with Crippen LogP contribution in [-0.4, -0.2) is 29.3 Å². The van der Waals surface area contributed by atoms with Crippen molar-refractivity contribution in [3.8, 4) is 5.75 Å². The van der Waals surface area contributed by atoms with Crippen LogP contribution < -0.4 is 4.74 Å². The van der Waals surface area contributed by atoms with Gasteiger partial charge in [0.25, 0.3) is 0 Å². The van der Waals surface area contributed by atoms with Crippen molar-refractivity contribution in [1.82, 2.24) is 0 Å². The quantitative estimate of drug-likeness (QED) is 0.867. The van der Waals surface area contributed by atoms with Crippen LogP contribution in [0.25, 0.3) is 0 Å². The van der Waals surface area contributed by atoms with Crippen molar-refractivity contribution in [2.45, 2.75) is 24.7 Å². The van der Waals surface area contributed by atoms with Gasteiger partial charge in [0.2, 0.25) is 0 Å². The van der Waals surface area contributed by atoms with E-state index in [2.05, 4.69) is 0 Å². The Bertz CT molecular complexity index is 510. The van der Waals surface area contributed by atoms with Gasteiger partial charge in [-0.2, -0.15) is 0 Å². The molecule has 1 aromatic rings. The van der Waals surface area contributed by atoms with Crippen LogP contribution in [0.4, 0.5) is 0 Å². The summed E-state index contributed by atoms with van der Waals surface area (Å²) in [7, 11) is 1.50. The third-order valence-corrected chi connectivity index (χ3v) is 3.92. The summed E-state index contributed by atoms with van der Waals surface area (Å²) in [5.41, 5.74) is -0.843. The number of carboxylic acids is 2. The highest BCUT2D eigenvalue weighted by Gasteiger charge is 2.54. The molecule has 0 saturated heterocycles. The largest absolute Gasteiger partial charge is 0.497 e. The molecule has 19 heavy (non-hydrogen) atoms. The van der Waals surface area contributed by atoms with E-state index in [9.17, 15) is 19.8 Å². The van der Waals surface area contributed by atoms with E-state index < -0.39 is 23.3 Å². The van der Waals surface area contributed by atoms with Crippen LogP contribution in [0.2, 0.25) is 0 Å². The zero-order valence-corrected chi connectivity index (χ0v) is 10.6. The van der Waals surface area contributed by atoms with Gasteiger partial charge < -0.3 is 14.9 Å². The molecule has 102 valence electrons. The number of ether oxygens (including phenoxy) is 1. The lowest BCUT2D eigenvalue weighted by Crippen LogP contribution is -2.42. The zero-order chi connectivity index (χ0) is 14.0. The normalized spacial score (nSPS) is 26.1. The lowest BCUT2D eigenvalue weighted by atomic mass is 9.72. The van der Waals surface area contributed by atoms with Crippen LogP contribution in [0.1, 0.15) is 24.8 Å². The Morgan fingerprint density at radius 1 is 1.37 bits per heavy atom. The highest BCUT2D eigenvalue weighted by atomic mass is 16.5. The minimum Gasteiger partial charge on any atom is -0.497 e. The van der Waals surface area contributed by atoms with Crippen LogP contribution in [0.5, 0.6) is 5.75 Å².